The van der Waals surface area contributed by atoms with Crippen LogP contribution < -0.4 is 10.6 Å². The second-order valence-electron chi connectivity index (χ2n) is 5.94. The van der Waals surface area contributed by atoms with Crippen LogP contribution in [-0.4, -0.2) is 24.2 Å². The van der Waals surface area contributed by atoms with E-state index in [-0.39, 0.29) is 0 Å². The second kappa shape index (κ2) is 3.82. The quantitative estimate of drug-likeness (QED) is 0.805. The first-order valence-electron chi connectivity index (χ1n) is 6.96. The van der Waals surface area contributed by atoms with E-state index >= 15 is 0 Å². The summed E-state index contributed by atoms with van der Waals surface area (Å²) in [7, 11) is 0. The molecule has 0 aromatic heterocycles. The van der Waals surface area contributed by atoms with Gasteiger partial charge in [-0.15, -0.1) is 0 Å². The van der Waals surface area contributed by atoms with Gasteiger partial charge in [-0.05, 0) is 37.2 Å². The third-order valence-electron chi connectivity index (χ3n) is 4.95. The van der Waals surface area contributed by atoms with Crippen LogP contribution in [0.1, 0.15) is 24.8 Å². The van der Waals surface area contributed by atoms with Gasteiger partial charge in [-0.2, -0.15) is 0 Å². The first kappa shape index (κ1) is 10.1. The van der Waals surface area contributed by atoms with Crippen molar-refractivity contribution in [2.45, 2.75) is 49.9 Å². The van der Waals surface area contributed by atoms with E-state index in [2.05, 4.69) is 41.0 Å². The van der Waals surface area contributed by atoms with Crippen molar-refractivity contribution in [3.63, 3.8) is 0 Å². The zero-order valence-electron chi connectivity index (χ0n) is 10.1. The molecule has 5 aliphatic rings. The van der Waals surface area contributed by atoms with Gasteiger partial charge in [0.15, 0.2) is 0 Å². The first-order chi connectivity index (χ1) is 8.40. The molecule has 2 nitrogen and oxygen atoms in total. The lowest BCUT2D eigenvalue weighted by atomic mass is 9.68. The second-order valence-corrected chi connectivity index (χ2v) is 5.94. The van der Waals surface area contributed by atoms with Crippen LogP contribution in [0.2, 0.25) is 0 Å². The molecule has 2 N–H and O–H groups in total. The van der Waals surface area contributed by atoms with Crippen LogP contribution in [0, 0.1) is 5.92 Å². The van der Waals surface area contributed by atoms with E-state index in [1.54, 1.807) is 0 Å². The Kier molecular flexibility index (Phi) is 2.27. The van der Waals surface area contributed by atoms with Crippen LogP contribution in [-0.2, 0) is 6.42 Å². The average Bonchev–Trinajstić information content (AvgIpc) is 2.40. The van der Waals surface area contributed by atoms with Crippen LogP contribution >= 0.6 is 0 Å². The van der Waals surface area contributed by atoms with Crippen molar-refractivity contribution < 1.29 is 0 Å². The van der Waals surface area contributed by atoms with E-state index in [0.717, 1.165) is 30.1 Å². The summed E-state index contributed by atoms with van der Waals surface area (Å²) in [5.74, 6) is 0.838. The van der Waals surface area contributed by atoms with Crippen molar-refractivity contribution in [2.24, 2.45) is 5.92 Å². The number of benzene rings is 1. The zero-order valence-corrected chi connectivity index (χ0v) is 10.1. The van der Waals surface area contributed by atoms with Gasteiger partial charge < -0.3 is 10.6 Å². The maximum absolute atomic E-state index is 3.86. The number of fused-ring (bicyclic) bond motifs is 2. The number of nitrogens with one attached hydrogen (secondary N) is 2. The average molecular weight is 228 g/mol. The van der Waals surface area contributed by atoms with Gasteiger partial charge in [0.05, 0.1) is 0 Å². The number of hydrogen-bond acceptors (Lipinski definition) is 2. The minimum Gasteiger partial charge on any atom is -0.308 e. The highest BCUT2D eigenvalue weighted by Crippen LogP contribution is 2.37. The summed E-state index contributed by atoms with van der Waals surface area (Å²) in [5, 5.41) is 7.67. The van der Waals surface area contributed by atoms with E-state index in [4.69, 9.17) is 0 Å². The van der Waals surface area contributed by atoms with Gasteiger partial charge >= 0.3 is 0 Å². The fraction of sp³-hybridized carbons (Fsp3) is 0.600. The van der Waals surface area contributed by atoms with Gasteiger partial charge in [-0.25, -0.2) is 0 Å². The topological polar surface area (TPSA) is 24.1 Å². The molecule has 5 fully saturated rings. The maximum atomic E-state index is 3.86. The van der Waals surface area contributed by atoms with E-state index in [1.165, 1.54) is 31.2 Å². The van der Waals surface area contributed by atoms with Crippen molar-refractivity contribution >= 4 is 0 Å². The van der Waals surface area contributed by atoms with Crippen LogP contribution in [0.25, 0.3) is 0 Å². The molecule has 0 saturated carbocycles. The van der Waals surface area contributed by atoms with Crippen LogP contribution in [0.15, 0.2) is 30.3 Å². The summed E-state index contributed by atoms with van der Waals surface area (Å²) in [6.07, 6.45) is 5.38. The van der Waals surface area contributed by atoms with Crippen LogP contribution in [0.4, 0.5) is 0 Å². The third-order valence-corrected chi connectivity index (χ3v) is 4.95. The Hall–Kier alpha value is -0.860. The number of rotatable bonds is 2. The molecule has 0 radical (unpaired) electrons. The molecule has 6 rings (SSSR count). The summed E-state index contributed by atoms with van der Waals surface area (Å²) in [6, 6.07) is 13.9. The fourth-order valence-corrected chi connectivity index (χ4v) is 4.18. The van der Waals surface area contributed by atoms with Crippen LogP contribution in [0.5, 0.6) is 0 Å². The van der Waals surface area contributed by atoms with Gasteiger partial charge in [-0.3, -0.25) is 0 Å². The molecule has 5 aliphatic heterocycles. The molecule has 1 aromatic carbocycles. The zero-order chi connectivity index (χ0) is 11.2. The molecule has 0 amide bonds. The molecular weight excluding hydrogens is 208 g/mol. The highest BCUT2D eigenvalue weighted by Gasteiger charge is 2.49. The SMILES string of the molecule is c1ccc(CC2CC3NC4CCC3NC24)cc1. The monoisotopic (exact) mass is 228 g/mol. The number of piperazine rings is 1. The Morgan fingerprint density at radius 3 is 2.47 bits per heavy atom. The van der Waals surface area contributed by atoms with Gasteiger partial charge in [0.2, 0.25) is 0 Å². The summed E-state index contributed by atoms with van der Waals surface area (Å²) in [5.41, 5.74) is 1.50. The molecule has 0 spiro atoms. The number of hydrogen-bond donors (Lipinski definition) is 2. The lowest BCUT2D eigenvalue weighted by Gasteiger charge is -2.57. The molecular formula is C15H20N2. The standard InChI is InChI=1S/C15H20N2/c1-2-4-10(5-3-1)8-11-9-14-12-6-7-13(16-14)15(11)17-12/h1-5,11-17H,6-9H2. The normalized spacial score (nSPS) is 42.9. The number of piperidine rings is 4. The Morgan fingerprint density at radius 2 is 1.76 bits per heavy atom. The maximum Gasteiger partial charge on any atom is 0.0256 e. The minimum atomic E-state index is 0.721. The molecule has 4 bridgehead atoms. The van der Waals surface area contributed by atoms with E-state index < -0.39 is 0 Å². The third kappa shape index (κ3) is 1.62. The Morgan fingerprint density at radius 1 is 0.941 bits per heavy atom. The largest absolute Gasteiger partial charge is 0.308 e. The molecule has 5 heterocycles. The molecule has 1 aromatic rings. The lowest BCUT2D eigenvalue weighted by Crippen LogP contribution is -2.76. The molecule has 2 heteroatoms. The summed E-state index contributed by atoms with van der Waals surface area (Å²) in [4.78, 5) is 0. The Labute approximate surface area is 103 Å². The van der Waals surface area contributed by atoms with Gasteiger partial charge in [0.25, 0.3) is 0 Å². The highest BCUT2D eigenvalue weighted by molar-refractivity contribution is 5.19. The summed E-state index contributed by atoms with van der Waals surface area (Å²) in [6.45, 7) is 0. The van der Waals surface area contributed by atoms with Crippen molar-refractivity contribution in [1.29, 1.82) is 0 Å². The molecule has 0 aliphatic carbocycles. The molecule has 5 unspecified atom stereocenters. The van der Waals surface area contributed by atoms with E-state index in [9.17, 15) is 0 Å². The van der Waals surface area contributed by atoms with Crippen molar-refractivity contribution in [1.82, 2.24) is 10.6 Å². The predicted octanol–water partition coefficient (Wildman–Crippen LogP) is 1.71. The van der Waals surface area contributed by atoms with E-state index in [1.807, 2.05) is 0 Å². The van der Waals surface area contributed by atoms with Crippen LogP contribution in [0.3, 0.4) is 0 Å². The van der Waals surface area contributed by atoms with Crippen molar-refractivity contribution in [3.8, 4) is 0 Å². The first-order valence-corrected chi connectivity index (χ1v) is 6.96. The summed E-state index contributed by atoms with van der Waals surface area (Å²) >= 11 is 0. The minimum absolute atomic E-state index is 0.721. The molecule has 17 heavy (non-hydrogen) atoms. The van der Waals surface area contributed by atoms with Gasteiger partial charge in [-0.1, -0.05) is 30.3 Å². The van der Waals surface area contributed by atoms with E-state index in [0.29, 0.717) is 0 Å². The Balaban J connectivity index is 1.53. The lowest BCUT2D eigenvalue weighted by molar-refractivity contribution is 0.0319. The van der Waals surface area contributed by atoms with Gasteiger partial charge in [0, 0.05) is 24.2 Å². The van der Waals surface area contributed by atoms with Crippen molar-refractivity contribution in [3.05, 3.63) is 35.9 Å². The fourth-order valence-electron chi connectivity index (χ4n) is 4.18. The predicted molar refractivity (Wildman–Crippen MR) is 68.9 cm³/mol. The molecule has 5 saturated heterocycles. The Bertz CT molecular complexity index is 403. The van der Waals surface area contributed by atoms with Crippen molar-refractivity contribution in [2.75, 3.05) is 0 Å². The highest BCUT2D eigenvalue weighted by atomic mass is 15.2. The molecule has 90 valence electrons. The summed E-state index contributed by atoms with van der Waals surface area (Å²) < 4.78 is 0. The smallest absolute Gasteiger partial charge is 0.0256 e. The molecule has 5 atom stereocenters. The van der Waals surface area contributed by atoms with Gasteiger partial charge in [0.1, 0.15) is 0 Å².